The molecule has 0 heterocycles. The standard InChI is InChI=1S/C6H13O3P.Mg/c7-10(8,9)6-4-2-1-3-5-6;/h6H,1-5H2,(H2,7,8,9);/q;+2/p-2. The second kappa shape index (κ2) is 4.82. The molecule has 0 atom stereocenters. The molecule has 1 saturated carbocycles. The first-order chi connectivity index (χ1) is 4.61. The van der Waals surface area contributed by atoms with Crippen molar-refractivity contribution in [2.45, 2.75) is 37.8 Å². The molecule has 11 heavy (non-hydrogen) atoms. The van der Waals surface area contributed by atoms with E-state index in [1.54, 1.807) is 0 Å². The monoisotopic (exact) mass is 186 g/mol. The van der Waals surface area contributed by atoms with Gasteiger partial charge in [0, 0.05) is 0 Å². The van der Waals surface area contributed by atoms with Gasteiger partial charge in [-0.1, -0.05) is 26.9 Å². The van der Waals surface area contributed by atoms with Crippen molar-refractivity contribution in [2.24, 2.45) is 0 Å². The Bertz CT molecular complexity index is 150. The van der Waals surface area contributed by atoms with E-state index in [-0.39, 0.29) is 23.1 Å². The first kappa shape index (κ1) is 11.9. The molecule has 0 unspecified atom stereocenters. The molecule has 0 N–H and O–H groups in total. The molecule has 0 saturated heterocycles. The Kier molecular flexibility index (Phi) is 5.23. The molecule has 0 aliphatic heterocycles. The maximum absolute atomic E-state index is 10.5. The summed E-state index contributed by atoms with van der Waals surface area (Å²) in [6.45, 7) is 0. The minimum atomic E-state index is -4.24. The smallest absolute Gasteiger partial charge is 0.811 e. The summed E-state index contributed by atoms with van der Waals surface area (Å²) in [6.07, 6.45) is 4.06. The van der Waals surface area contributed by atoms with Gasteiger partial charge in [-0.3, -0.25) is 0 Å². The molecular weight excluding hydrogens is 175 g/mol. The molecular formula is C6H11MgO3P. The molecule has 0 radical (unpaired) electrons. The van der Waals surface area contributed by atoms with Crippen molar-refractivity contribution >= 4 is 30.6 Å². The summed E-state index contributed by atoms with van der Waals surface area (Å²) in [4.78, 5) is 20.9. The third-order valence-corrected chi connectivity index (χ3v) is 3.43. The topological polar surface area (TPSA) is 63.2 Å². The fraction of sp³-hybridized carbons (Fsp3) is 1.00. The Hall–Kier alpha value is 0.916. The van der Waals surface area contributed by atoms with Gasteiger partial charge in [0.1, 0.15) is 0 Å². The van der Waals surface area contributed by atoms with Crippen LogP contribution in [-0.2, 0) is 4.57 Å². The van der Waals surface area contributed by atoms with Gasteiger partial charge < -0.3 is 14.4 Å². The molecule has 0 aromatic rings. The van der Waals surface area contributed by atoms with Gasteiger partial charge in [0.05, 0.1) is 0 Å². The summed E-state index contributed by atoms with van der Waals surface area (Å²) in [5, 5.41) is 0. The van der Waals surface area contributed by atoms with Gasteiger partial charge in [0.15, 0.2) is 0 Å². The van der Waals surface area contributed by atoms with Crippen LogP contribution in [0.2, 0.25) is 0 Å². The van der Waals surface area contributed by atoms with Crippen LogP contribution in [0.25, 0.3) is 0 Å². The molecule has 60 valence electrons. The second-order valence-corrected chi connectivity index (χ2v) is 4.64. The summed E-state index contributed by atoms with van der Waals surface area (Å²) in [7, 11) is -4.24. The Morgan fingerprint density at radius 1 is 1.09 bits per heavy atom. The molecule has 1 aliphatic rings. The zero-order valence-electron chi connectivity index (χ0n) is 6.49. The summed E-state index contributed by atoms with van der Waals surface area (Å²) in [5.74, 6) is 0. The number of hydrogen-bond acceptors (Lipinski definition) is 3. The molecule has 0 aromatic carbocycles. The summed E-state index contributed by atoms with van der Waals surface area (Å²) in [6, 6.07) is 0. The van der Waals surface area contributed by atoms with Crippen LogP contribution in [0, 0.1) is 0 Å². The van der Waals surface area contributed by atoms with Gasteiger partial charge in [-0.25, -0.2) is 0 Å². The van der Waals surface area contributed by atoms with Crippen molar-refractivity contribution in [2.75, 3.05) is 0 Å². The van der Waals surface area contributed by atoms with E-state index in [0.29, 0.717) is 12.8 Å². The van der Waals surface area contributed by atoms with Crippen molar-refractivity contribution in [1.82, 2.24) is 0 Å². The molecule has 3 nitrogen and oxygen atoms in total. The van der Waals surface area contributed by atoms with Crippen molar-refractivity contribution in [3.05, 3.63) is 0 Å². The van der Waals surface area contributed by atoms with Crippen LogP contribution in [-0.4, -0.2) is 28.7 Å². The zero-order chi connectivity index (χ0) is 7.61. The minimum absolute atomic E-state index is 0. The number of hydrogen-bond donors (Lipinski definition) is 0. The largest absolute Gasteiger partial charge is 2.00 e. The van der Waals surface area contributed by atoms with Crippen molar-refractivity contribution in [1.29, 1.82) is 0 Å². The van der Waals surface area contributed by atoms with Crippen LogP contribution >= 0.6 is 7.60 Å². The SMILES string of the molecule is O=P([O-])([O-])C1CCCCC1.[Mg+2]. The zero-order valence-corrected chi connectivity index (χ0v) is 8.80. The van der Waals surface area contributed by atoms with E-state index in [0.717, 1.165) is 19.3 Å². The first-order valence-corrected chi connectivity index (χ1v) is 5.23. The van der Waals surface area contributed by atoms with E-state index >= 15 is 0 Å². The fourth-order valence-corrected chi connectivity index (χ4v) is 2.39. The average Bonchev–Trinajstić information content (AvgIpc) is 1.88. The van der Waals surface area contributed by atoms with Crippen LogP contribution in [0.5, 0.6) is 0 Å². The summed E-state index contributed by atoms with van der Waals surface area (Å²) < 4.78 is 10.5. The summed E-state index contributed by atoms with van der Waals surface area (Å²) >= 11 is 0. The molecule has 1 rings (SSSR count). The van der Waals surface area contributed by atoms with E-state index in [1.807, 2.05) is 0 Å². The second-order valence-electron chi connectivity index (χ2n) is 2.83. The van der Waals surface area contributed by atoms with Crippen LogP contribution in [0.4, 0.5) is 0 Å². The van der Waals surface area contributed by atoms with Crippen molar-refractivity contribution in [3.8, 4) is 0 Å². The molecule has 5 heteroatoms. The van der Waals surface area contributed by atoms with Crippen LogP contribution < -0.4 is 9.79 Å². The van der Waals surface area contributed by atoms with E-state index in [4.69, 9.17) is 0 Å². The van der Waals surface area contributed by atoms with E-state index in [9.17, 15) is 14.4 Å². The van der Waals surface area contributed by atoms with E-state index < -0.39 is 13.3 Å². The fourth-order valence-electron chi connectivity index (χ4n) is 1.40. The van der Waals surface area contributed by atoms with E-state index in [1.165, 1.54) is 0 Å². The molecule has 0 spiro atoms. The molecule has 1 fully saturated rings. The van der Waals surface area contributed by atoms with E-state index in [2.05, 4.69) is 0 Å². The Labute approximate surface area is 82.9 Å². The van der Waals surface area contributed by atoms with Crippen molar-refractivity contribution < 1.29 is 14.4 Å². The summed E-state index contributed by atoms with van der Waals surface area (Å²) in [5.41, 5.74) is -0.554. The van der Waals surface area contributed by atoms with Crippen LogP contribution in [0.1, 0.15) is 32.1 Å². The maximum Gasteiger partial charge on any atom is 2.00 e. The molecule has 0 bridgehead atoms. The number of rotatable bonds is 1. The average molecular weight is 186 g/mol. The van der Waals surface area contributed by atoms with Gasteiger partial charge in [0.2, 0.25) is 0 Å². The third kappa shape index (κ3) is 3.90. The van der Waals surface area contributed by atoms with Gasteiger partial charge >= 0.3 is 23.1 Å². The minimum Gasteiger partial charge on any atom is -0.811 e. The quantitative estimate of drug-likeness (QED) is 0.423. The normalized spacial score (nSPS) is 20.9. The molecule has 0 aromatic heterocycles. The molecule has 1 aliphatic carbocycles. The van der Waals surface area contributed by atoms with Crippen molar-refractivity contribution in [3.63, 3.8) is 0 Å². The maximum atomic E-state index is 10.5. The molecule has 0 amide bonds. The van der Waals surface area contributed by atoms with Crippen LogP contribution in [0.15, 0.2) is 0 Å². The van der Waals surface area contributed by atoms with Gasteiger partial charge in [0.25, 0.3) is 0 Å². The van der Waals surface area contributed by atoms with Gasteiger partial charge in [-0.2, -0.15) is 0 Å². The third-order valence-electron chi connectivity index (χ3n) is 2.02. The first-order valence-electron chi connectivity index (χ1n) is 3.62. The Balaban J connectivity index is 0.000001000. The van der Waals surface area contributed by atoms with Gasteiger partial charge in [-0.05, 0) is 18.5 Å². The van der Waals surface area contributed by atoms with Gasteiger partial charge in [-0.15, -0.1) is 0 Å². The van der Waals surface area contributed by atoms with Crippen LogP contribution in [0.3, 0.4) is 0 Å². The predicted octanol–water partition coefficient (Wildman–Crippen LogP) is -0.148. The Morgan fingerprint density at radius 3 is 1.82 bits per heavy atom. The Morgan fingerprint density at radius 2 is 1.55 bits per heavy atom. The predicted molar refractivity (Wildman–Crippen MR) is 40.2 cm³/mol.